The lowest BCUT2D eigenvalue weighted by Crippen LogP contribution is -2.35. The van der Waals surface area contributed by atoms with Crippen LogP contribution in [0.1, 0.15) is 51.2 Å². The Hall–Kier alpha value is -0.500. The van der Waals surface area contributed by atoms with E-state index in [1.54, 1.807) is 0 Å². The number of benzene rings is 1. The minimum absolute atomic E-state index is 0.459. The molecule has 0 bridgehead atoms. The van der Waals surface area contributed by atoms with E-state index in [0.29, 0.717) is 11.5 Å². The molecule has 1 N–H and O–H groups in total. The zero-order chi connectivity index (χ0) is 14.2. The maximum atomic E-state index is 3.78. The van der Waals surface area contributed by atoms with Gasteiger partial charge in [0.25, 0.3) is 0 Å². The molecule has 19 heavy (non-hydrogen) atoms. The van der Waals surface area contributed by atoms with Crippen molar-refractivity contribution in [2.75, 3.05) is 5.32 Å². The molecule has 1 aliphatic rings. The van der Waals surface area contributed by atoms with Crippen molar-refractivity contribution < 1.29 is 0 Å². The first kappa shape index (κ1) is 14.9. The van der Waals surface area contributed by atoms with Crippen LogP contribution in [0.15, 0.2) is 16.6 Å². The quantitative estimate of drug-likeness (QED) is 0.736. The molecule has 0 amide bonds. The molecule has 1 fully saturated rings. The van der Waals surface area contributed by atoms with Gasteiger partial charge in [-0.3, -0.25) is 0 Å². The summed E-state index contributed by atoms with van der Waals surface area (Å²) in [5.74, 6) is 0.811. The zero-order valence-electron chi connectivity index (χ0n) is 12.8. The summed E-state index contributed by atoms with van der Waals surface area (Å²) >= 11 is 3.71. The highest BCUT2D eigenvalue weighted by atomic mass is 79.9. The molecular weight excluding hydrogens is 298 g/mol. The molecule has 0 aromatic heterocycles. The Morgan fingerprint density at radius 3 is 2.47 bits per heavy atom. The Morgan fingerprint density at radius 1 is 1.21 bits per heavy atom. The van der Waals surface area contributed by atoms with E-state index < -0.39 is 0 Å². The number of aryl methyl sites for hydroxylation is 2. The molecule has 1 aliphatic carbocycles. The van der Waals surface area contributed by atoms with Crippen LogP contribution in [-0.4, -0.2) is 6.04 Å². The summed E-state index contributed by atoms with van der Waals surface area (Å²) in [5, 5.41) is 3.78. The van der Waals surface area contributed by atoms with Crippen molar-refractivity contribution in [3.05, 3.63) is 27.7 Å². The average Bonchev–Trinajstić information content (AvgIpc) is 2.20. The van der Waals surface area contributed by atoms with E-state index in [-0.39, 0.29) is 0 Å². The van der Waals surface area contributed by atoms with Gasteiger partial charge in [-0.2, -0.15) is 0 Å². The van der Waals surface area contributed by atoms with Gasteiger partial charge in [0.1, 0.15) is 0 Å². The van der Waals surface area contributed by atoms with Gasteiger partial charge >= 0.3 is 0 Å². The maximum absolute atomic E-state index is 3.78. The molecule has 106 valence electrons. The molecule has 1 aromatic carbocycles. The summed E-state index contributed by atoms with van der Waals surface area (Å²) in [5.41, 5.74) is 4.39. The number of rotatable bonds is 2. The van der Waals surface area contributed by atoms with Crippen molar-refractivity contribution >= 4 is 21.6 Å². The maximum Gasteiger partial charge on any atom is 0.0516 e. The third-order valence-electron chi connectivity index (χ3n) is 4.17. The van der Waals surface area contributed by atoms with Gasteiger partial charge in [-0.15, -0.1) is 0 Å². The fourth-order valence-electron chi connectivity index (χ4n) is 3.76. The predicted octanol–water partition coefficient (Wildman–Crippen LogP) is 5.69. The molecule has 0 radical (unpaired) electrons. The molecule has 2 unspecified atom stereocenters. The van der Waals surface area contributed by atoms with E-state index in [0.717, 1.165) is 5.92 Å². The second-order valence-electron chi connectivity index (χ2n) is 7.19. The highest BCUT2D eigenvalue weighted by Crippen LogP contribution is 2.40. The molecule has 0 spiro atoms. The Labute approximate surface area is 126 Å². The minimum atomic E-state index is 0.459. The van der Waals surface area contributed by atoms with Gasteiger partial charge in [-0.05, 0) is 77.6 Å². The molecule has 2 heteroatoms. The summed E-state index contributed by atoms with van der Waals surface area (Å²) < 4.78 is 1.20. The summed E-state index contributed by atoms with van der Waals surface area (Å²) in [6.07, 6.45) is 3.89. The lowest BCUT2D eigenvalue weighted by molar-refractivity contribution is 0.178. The minimum Gasteiger partial charge on any atom is -0.381 e. The van der Waals surface area contributed by atoms with Gasteiger partial charge < -0.3 is 5.32 Å². The van der Waals surface area contributed by atoms with Crippen LogP contribution in [0.3, 0.4) is 0 Å². The normalized spacial score (nSPS) is 26.2. The lowest BCUT2D eigenvalue weighted by atomic mass is 9.70. The SMILES string of the molecule is Cc1cc(C)c(NC2CC(C)CC(C)(C)C2)c(Br)c1. The predicted molar refractivity (Wildman–Crippen MR) is 87.8 cm³/mol. The summed E-state index contributed by atoms with van der Waals surface area (Å²) in [6, 6.07) is 5.05. The molecule has 1 nitrogen and oxygen atoms in total. The van der Waals surface area contributed by atoms with Gasteiger partial charge in [0.15, 0.2) is 0 Å². The monoisotopic (exact) mass is 323 g/mol. The number of nitrogens with one attached hydrogen (secondary N) is 1. The number of hydrogen-bond acceptors (Lipinski definition) is 1. The van der Waals surface area contributed by atoms with E-state index in [4.69, 9.17) is 0 Å². The third kappa shape index (κ3) is 3.75. The second kappa shape index (κ2) is 5.47. The van der Waals surface area contributed by atoms with Crippen LogP contribution in [0.5, 0.6) is 0 Å². The molecule has 1 aromatic rings. The first-order chi connectivity index (χ1) is 8.77. The molecule has 0 heterocycles. The smallest absolute Gasteiger partial charge is 0.0516 e. The summed E-state index contributed by atoms with van der Waals surface area (Å²) in [4.78, 5) is 0. The molecule has 2 atom stereocenters. The van der Waals surface area contributed by atoms with Crippen LogP contribution in [0.4, 0.5) is 5.69 Å². The molecule has 2 rings (SSSR count). The van der Waals surface area contributed by atoms with Crippen molar-refractivity contribution in [2.45, 2.75) is 59.9 Å². The van der Waals surface area contributed by atoms with Crippen LogP contribution in [0, 0.1) is 25.2 Å². The van der Waals surface area contributed by atoms with Crippen molar-refractivity contribution in [3.63, 3.8) is 0 Å². The fraction of sp³-hybridized carbons (Fsp3) is 0.647. The Kier molecular flexibility index (Phi) is 4.29. The van der Waals surface area contributed by atoms with Crippen molar-refractivity contribution in [1.82, 2.24) is 0 Å². The molecule has 0 saturated heterocycles. The zero-order valence-corrected chi connectivity index (χ0v) is 14.4. The third-order valence-corrected chi connectivity index (χ3v) is 4.79. The van der Waals surface area contributed by atoms with E-state index in [1.165, 1.54) is 40.5 Å². The largest absolute Gasteiger partial charge is 0.381 e. The van der Waals surface area contributed by atoms with Crippen molar-refractivity contribution in [1.29, 1.82) is 0 Å². The lowest BCUT2D eigenvalue weighted by Gasteiger charge is -2.40. The van der Waals surface area contributed by atoms with Gasteiger partial charge in [-0.1, -0.05) is 26.8 Å². The number of hydrogen-bond donors (Lipinski definition) is 1. The van der Waals surface area contributed by atoms with Crippen molar-refractivity contribution in [2.24, 2.45) is 11.3 Å². The van der Waals surface area contributed by atoms with Gasteiger partial charge in [-0.25, -0.2) is 0 Å². The molecule has 0 aliphatic heterocycles. The van der Waals surface area contributed by atoms with Crippen LogP contribution >= 0.6 is 15.9 Å². The first-order valence-electron chi connectivity index (χ1n) is 7.30. The van der Waals surface area contributed by atoms with E-state index >= 15 is 0 Å². The van der Waals surface area contributed by atoms with Crippen LogP contribution in [0.2, 0.25) is 0 Å². The van der Waals surface area contributed by atoms with Crippen molar-refractivity contribution in [3.8, 4) is 0 Å². The van der Waals surface area contributed by atoms with Gasteiger partial charge in [0.05, 0.1) is 5.69 Å². The standard InChI is InChI=1S/C17H26BrN/c1-11-6-13(3)16(15(18)8-11)19-14-7-12(2)9-17(4,5)10-14/h6,8,12,14,19H,7,9-10H2,1-5H3. The number of halogens is 1. The second-order valence-corrected chi connectivity index (χ2v) is 8.05. The fourth-order valence-corrected chi connectivity index (χ4v) is 4.55. The highest BCUT2D eigenvalue weighted by molar-refractivity contribution is 9.10. The van der Waals surface area contributed by atoms with Gasteiger partial charge in [0, 0.05) is 10.5 Å². The summed E-state index contributed by atoms with van der Waals surface area (Å²) in [7, 11) is 0. The van der Waals surface area contributed by atoms with Crippen LogP contribution in [0.25, 0.3) is 0 Å². The highest BCUT2D eigenvalue weighted by Gasteiger charge is 2.32. The topological polar surface area (TPSA) is 12.0 Å². The Morgan fingerprint density at radius 2 is 1.89 bits per heavy atom. The van der Waals surface area contributed by atoms with E-state index in [1.807, 2.05) is 0 Å². The number of anilines is 1. The van der Waals surface area contributed by atoms with E-state index in [9.17, 15) is 0 Å². The van der Waals surface area contributed by atoms with Crippen LogP contribution in [-0.2, 0) is 0 Å². The van der Waals surface area contributed by atoms with Gasteiger partial charge in [0.2, 0.25) is 0 Å². The Bertz CT molecular complexity index is 441. The molecule has 1 saturated carbocycles. The summed E-state index contributed by atoms with van der Waals surface area (Å²) in [6.45, 7) is 11.5. The van der Waals surface area contributed by atoms with Crippen LogP contribution < -0.4 is 5.32 Å². The first-order valence-corrected chi connectivity index (χ1v) is 8.09. The molecular formula is C17H26BrN. The Balaban J connectivity index is 2.17. The average molecular weight is 324 g/mol. The van der Waals surface area contributed by atoms with E-state index in [2.05, 4.69) is 68.0 Å².